The number of aromatic nitrogens is 2. The predicted molar refractivity (Wildman–Crippen MR) is 118 cm³/mol. The Morgan fingerprint density at radius 1 is 1.27 bits per heavy atom. The fraction of sp³-hybridized carbons (Fsp3) is 0.684. The molecule has 168 valence electrons. The summed E-state index contributed by atoms with van der Waals surface area (Å²) in [6.45, 7) is 11.3. The SMILES string of the molecule is CPOC(=O)/C=C\C(=O)O[C@H](CCc1nsnc1N1CCOCC1)CNC(C)(C)C. The van der Waals surface area contributed by atoms with Gasteiger partial charge in [-0.15, -0.1) is 0 Å². The van der Waals surface area contributed by atoms with E-state index in [0.717, 1.165) is 36.8 Å². The van der Waals surface area contributed by atoms with Gasteiger partial charge in [0.05, 0.1) is 39.4 Å². The van der Waals surface area contributed by atoms with Gasteiger partial charge in [-0.05, 0) is 40.3 Å². The number of morpholine rings is 1. The van der Waals surface area contributed by atoms with Crippen LogP contribution in [0.4, 0.5) is 5.82 Å². The van der Waals surface area contributed by atoms with E-state index in [-0.39, 0.29) is 20.5 Å². The summed E-state index contributed by atoms with van der Waals surface area (Å²) >= 11 is 1.19. The van der Waals surface area contributed by atoms with Gasteiger partial charge >= 0.3 is 11.9 Å². The van der Waals surface area contributed by atoms with Crippen molar-refractivity contribution in [2.75, 3.05) is 44.4 Å². The maximum atomic E-state index is 12.2. The zero-order valence-electron chi connectivity index (χ0n) is 18.0. The van der Waals surface area contributed by atoms with Gasteiger partial charge in [-0.2, -0.15) is 8.75 Å². The first-order valence-corrected chi connectivity index (χ1v) is 12.1. The van der Waals surface area contributed by atoms with Crippen LogP contribution in [0.5, 0.6) is 0 Å². The molecule has 1 saturated heterocycles. The van der Waals surface area contributed by atoms with Crippen LogP contribution in [-0.4, -0.2) is 71.8 Å². The van der Waals surface area contributed by atoms with Gasteiger partial charge in [0, 0.05) is 37.3 Å². The highest BCUT2D eigenvalue weighted by atomic mass is 32.1. The smallest absolute Gasteiger partial charge is 0.333 e. The van der Waals surface area contributed by atoms with Gasteiger partial charge in [-0.3, -0.25) is 0 Å². The van der Waals surface area contributed by atoms with Gasteiger partial charge in [0.25, 0.3) is 0 Å². The molecule has 30 heavy (non-hydrogen) atoms. The van der Waals surface area contributed by atoms with E-state index < -0.39 is 11.9 Å². The quantitative estimate of drug-likeness (QED) is 0.320. The van der Waals surface area contributed by atoms with Gasteiger partial charge in [-0.1, -0.05) is 0 Å². The Balaban J connectivity index is 1.97. The Hall–Kier alpha value is -1.61. The number of carbonyl (C=O) groups excluding carboxylic acids is 2. The van der Waals surface area contributed by atoms with Crippen molar-refractivity contribution < 1.29 is 23.6 Å². The molecular formula is C19H31N4O5PS. The van der Waals surface area contributed by atoms with E-state index >= 15 is 0 Å². The van der Waals surface area contributed by atoms with E-state index in [0.29, 0.717) is 32.6 Å². The number of rotatable bonds is 10. The van der Waals surface area contributed by atoms with E-state index in [9.17, 15) is 9.59 Å². The Kier molecular flexibility index (Phi) is 10.1. The second-order valence-electron chi connectivity index (χ2n) is 7.82. The summed E-state index contributed by atoms with van der Waals surface area (Å²) in [5, 5.41) is 3.37. The maximum absolute atomic E-state index is 12.2. The summed E-state index contributed by atoms with van der Waals surface area (Å²) in [5.41, 5.74) is 0.787. The first kappa shape index (κ1) is 24.7. The minimum absolute atomic E-state index is 0.0316. The Morgan fingerprint density at radius 2 is 1.97 bits per heavy atom. The number of hydrogen-bond donors (Lipinski definition) is 1. The summed E-state index contributed by atoms with van der Waals surface area (Å²) in [6, 6.07) is 0. The Bertz CT molecular complexity index is 716. The highest BCUT2D eigenvalue weighted by Crippen LogP contribution is 2.21. The fourth-order valence-electron chi connectivity index (χ4n) is 2.77. The summed E-state index contributed by atoms with van der Waals surface area (Å²) < 4.78 is 24.7. The Labute approximate surface area is 183 Å². The molecule has 9 nitrogen and oxygen atoms in total. The summed E-state index contributed by atoms with van der Waals surface area (Å²) in [7, 11) is 0.0316. The van der Waals surface area contributed by atoms with Crippen LogP contribution >= 0.6 is 20.5 Å². The molecule has 2 heterocycles. The first-order valence-electron chi connectivity index (χ1n) is 9.94. The lowest BCUT2D eigenvalue weighted by molar-refractivity contribution is -0.143. The summed E-state index contributed by atoms with van der Waals surface area (Å²) in [5.74, 6) is -0.238. The van der Waals surface area contributed by atoms with Crippen molar-refractivity contribution in [3.63, 3.8) is 0 Å². The van der Waals surface area contributed by atoms with Crippen LogP contribution in [0.25, 0.3) is 0 Å². The zero-order chi connectivity index (χ0) is 22.0. The number of ether oxygens (including phenoxy) is 2. The average Bonchev–Trinajstić information content (AvgIpc) is 3.17. The van der Waals surface area contributed by atoms with Gasteiger partial charge in [-0.25, -0.2) is 9.59 Å². The Morgan fingerprint density at radius 3 is 2.63 bits per heavy atom. The molecule has 11 heteroatoms. The van der Waals surface area contributed by atoms with Crippen LogP contribution in [0, 0.1) is 0 Å². The lowest BCUT2D eigenvalue weighted by atomic mass is 10.1. The molecule has 0 bridgehead atoms. The molecule has 1 N–H and O–H groups in total. The van der Waals surface area contributed by atoms with E-state index in [1.165, 1.54) is 11.7 Å². The largest absolute Gasteiger partial charge is 0.458 e. The van der Waals surface area contributed by atoms with Gasteiger partial charge in [0.1, 0.15) is 6.10 Å². The second kappa shape index (κ2) is 12.3. The number of aryl methyl sites for hydroxylation is 1. The molecule has 0 radical (unpaired) electrons. The molecule has 0 aromatic carbocycles. The third-order valence-corrected chi connectivity index (χ3v) is 5.21. The lowest BCUT2D eigenvalue weighted by Gasteiger charge is -2.27. The number of nitrogens with zero attached hydrogens (tertiary/aromatic N) is 3. The molecule has 1 unspecified atom stereocenters. The third-order valence-electron chi connectivity index (χ3n) is 4.25. The fourth-order valence-corrected chi connectivity index (χ4v) is 3.65. The zero-order valence-corrected chi connectivity index (χ0v) is 19.8. The molecule has 2 atom stereocenters. The molecular weight excluding hydrogens is 427 g/mol. The molecule has 2 rings (SSSR count). The minimum Gasteiger partial charge on any atom is -0.458 e. The van der Waals surface area contributed by atoms with Crippen LogP contribution in [-0.2, 0) is 30.0 Å². The minimum atomic E-state index is -0.572. The van der Waals surface area contributed by atoms with Crippen molar-refractivity contribution in [1.82, 2.24) is 14.1 Å². The van der Waals surface area contributed by atoms with Crippen LogP contribution in [0.1, 0.15) is 32.9 Å². The second-order valence-corrected chi connectivity index (χ2v) is 8.96. The molecule has 1 aromatic heterocycles. The summed E-state index contributed by atoms with van der Waals surface area (Å²) in [6.07, 6.45) is 3.05. The number of nitrogens with one attached hydrogen (secondary N) is 1. The summed E-state index contributed by atoms with van der Waals surface area (Å²) in [4.78, 5) is 25.8. The van der Waals surface area contributed by atoms with Crippen molar-refractivity contribution in [1.29, 1.82) is 0 Å². The van der Waals surface area contributed by atoms with Crippen LogP contribution < -0.4 is 10.2 Å². The van der Waals surface area contributed by atoms with Gasteiger partial charge < -0.3 is 24.2 Å². The molecule has 0 aliphatic carbocycles. The highest BCUT2D eigenvalue weighted by molar-refractivity contribution is 7.31. The average molecular weight is 459 g/mol. The molecule has 0 saturated carbocycles. The number of anilines is 1. The molecule has 1 aromatic rings. The predicted octanol–water partition coefficient (Wildman–Crippen LogP) is 1.93. The van der Waals surface area contributed by atoms with Crippen molar-refractivity contribution in [3.8, 4) is 0 Å². The van der Waals surface area contributed by atoms with Crippen molar-refractivity contribution in [2.45, 2.75) is 45.3 Å². The molecule has 1 fully saturated rings. The van der Waals surface area contributed by atoms with Crippen molar-refractivity contribution in [2.24, 2.45) is 0 Å². The van der Waals surface area contributed by atoms with Crippen LogP contribution in [0.3, 0.4) is 0 Å². The maximum Gasteiger partial charge on any atom is 0.333 e. The van der Waals surface area contributed by atoms with Crippen molar-refractivity contribution >= 4 is 38.3 Å². The molecule has 1 aliphatic heterocycles. The topological polar surface area (TPSA) is 103 Å². The van der Waals surface area contributed by atoms with Crippen molar-refractivity contribution in [3.05, 3.63) is 17.8 Å². The standard InChI is InChI=1S/C19H31N4O5PS/c1-19(2,3)20-13-14(27-16(24)7-8-17(25)28-29-4)5-6-15-18(22-30-21-15)23-9-11-26-12-10-23/h7-8,14,20,29H,5-6,9-13H2,1-4H3/b8-7-/t14-/m1/s1. The molecule has 0 spiro atoms. The number of hydrogen-bond acceptors (Lipinski definition) is 10. The van der Waals surface area contributed by atoms with E-state index in [1.54, 1.807) is 6.66 Å². The number of carbonyl (C=O) groups is 2. The third kappa shape index (κ3) is 9.04. The van der Waals surface area contributed by atoms with Gasteiger partial charge in [0.15, 0.2) is 5.82 Å². The van der Waals surface area contributed by atoms with E-state index in [4.69, 9.17) is 14.0 Å². The molecule has 1 aliphatic rings. The van der Waals surface area contributed by atoms with Crippen LogP contribution in [0.2, 0.25) is 0 Å². The molecule has 0 amide bonds. The van der Waals surface area contributed by atoms with Gasteiger partial charge in [0.2, 0.25) is 0 Å². The first-order chi connectivity index (χ1) is 14.3. The van der Waals surface area contributed by atoms with E-state index in [1.807, 2.05) is 20.8 Å². The number of esters is 1. The lowest BCUT2D eigenvalue weighted by Crippen LogP contribution is -2.42. The highest BCUT2D eigenvalue weighted by Gasteiger charge is 2.22. The van der Waals surface area contributed by atoms with Crippen LogP contribution in [0.15, 0.2) is 12.2 Å². The van der Waals surface area contributed by atoms with E-state index in [2.05, 4.69) is 19.0 Å². The monoisotopic (exact) mass is 458 g/mol. The normalized spacial score (nSPS) is 16.3.